The molecule has 0 saturated carbocycles. The monoisotopic (exact) mass is 277 g/mol. The van der Waals surface area contributed by atoms with Gasteiger partial charge in [0.1, 0.15) is 11.5 Å². The van der Waals surface area contributed by atoms with Gasteiger partial charge in [0.05, 0.1) is 0 Å². The Hall–Kier alpha value is -1.47. The van der Waals surface area contributed by atoms with Crippen LogP contribution in [0, 0.1) is 11.6 Å². The molecule has 0 fully saturated rings. The lowest BCUT2D eigenvalue weighted by Crippen LogP contribution is -2.15. The maximum atomic E-state index is 13.5. The maximum absolute atomic E-state index is 13.5. The van der Waals surface area contributed by atoms with Crippen LogP contribution in [0.15, 0.2) is 28.7 Å². The smallest absolute Gasteiger partial charge is 0.241 e. The van der Waals surface area contributed by atoms with Crippen molar-refractivity contribution in [1.29, 1.82) is 0 Å². The lowest BCUT2D eigenvalue weighted by atomic mass is 10.3. The average Bonchev–Trinajstić information content (AvgIpc) is 2.22. The summed E-state index contributed by atoms with van der Waals surface area (Å²) in [5.41, 5.74) is 0.956. The molecule has 4 nitrogen and oxygen atoms in total. The average molecular weight is 277 g/mol. The van der Waals surface area contributed by atoms with Crippen LogP contribution >= 0.6 is 0 Å². The predicted molar refractivity (Wildman–Crippen MR) is 62.7 cm³/mol. The van der Waals surface area contributed by atoms with Gasteiger partial charge in [-0.1, -0.05) is 5.57 Å². The highest BCUT2D eigenvalue weighted by Gasteiger charge is 2.21. The molecule has 0 aliphatic carbocycles. The number of benzene rings is 1. The Bertz CT molecular complexity index is 578. The second-order valence-corrected chi connectivity index (χ2v) is 5.36. The highest BCUT2D eigenvalue weighted by Crippen LogP contribution is 2.24. The molecule has 0 saturated heterocycles. The standard InChI is InChI=1S/C11H13F2NO3S/c1-7(2)5-6-17-8-3-4-9(18(14,15)16)11(13)10(8)12/h3-5H,6H2,1-2H3,(H2,14,15,16). The summed E-state index contributed by atoms with van der Waals surface area (Å²) in [6, 6.07) is 1.89. The van der Waals surface area contributed by atoms with Crippen LogP contribution in [0.4, 0.5) is 8.78 Å². The van der Waals surface area contributed by atoms with Crippen LogP contribution in [0.3, 0.4) is 0 Å². The van der Waals surface area contributed by atoms with Crippen LogP contribution in [0.5, 0.6) is 5.75 Å². The maximum Gasteiger partial charge on any atom is 0.241 e. The van der Waals surface area contributed by atoms with Crippen LogP contribution in [0.25, 0.3) is 0 Å². The molecular formula is C11H13F2NO3S. The van der Waals surface area contributed by atoms with Crippen LogP contribution in [-0.2, 0) is 10.0 Å². The van der Waals surface area contributed by atoms with Crippen molar-refractivity contribution in [1.82, 2.24) is 0 Å². The van der Waals surface area contributed by atoms with Gasteiger partial charge in [0.2, 0.25) is 15.8 Å². The van der Waals surface area contributed by atoms with E-state index in [1.807, 2.05) is 13.8 Å². The second kappa shape index (κ2) is 5.45. The molecule has 0 aromatic heterocycles. The molecule has 0 amide bonds. The fourth-order valence-electron chi connectivity index (χ4n) is 1.14. The Balaban J connectivity index is 3.06. The van der Waals surface area contributed by atoms with Crippen LogP contribution in [0.1, 0.15) is 13.8 Å². The first-order valence-corrected chi connectivity index (χ1v) is 6.55. The second-order valence-electron chi connectivity index (χ2n) is 3.83. The quantitative estimate of drug-likeness (QED) is 0.855. The molecule has 1 aromatic rings. The molecule has 0 radical (unpaired) electrons. The van der Waals surface area contributed by atoms with E-state index in [2.05, 4.69) is 0 Å². The molecular weight excluding hydrogens is 264 g/mol. The summed E-state index contributed by atoms with van der Waals surface area (Å²) in [6.07, 6.45) is 1.67. The first-order chi connectivity index (χ1) is 8.23. The van der Waals surface area contributed by atoms with E-state index < -0.39 is 26.6 Å². The van der Waals surface area contributed by atoms with Crippen molar-refractivity contribution in [3.63, 3.8) is 0 Å². The fraction of sp³-hybridized carbons (Fsp3) is 0.273. The van der Waals surface area contributed by atoms with E-state index >= 15 is 0 Å². The number of halogens is 2. The molecule has 1 aromatic carbocycles. The number of rotatable bonds is 4. The van der Waals surface area contributed by atoms with Gasteiger partial charge in [0.25, 0.3) is 0 Å². The molecule has 0 aliphatic rings. The number of nitrogens with two attached hydrogens (primary N) is 1. The Morgan fingerprint density at radius 1 is 1.33 bits per heavy atom. The van der Waals surface area contributed by atoms with Crippen molar-refractivity contribution in [3.05, 3.63) is 35.4 Å². The highest BCUT2D eigenvalue weighted by atomic mass is 32.2. The molecule has 100 valence electrons. The summed E-state index contributed by atoms with van der Waals surface area (Å²) in [5, 5.41) is 4.73. The van der Waals surface area contributed by atoms with E-state index in [4.69, 9.17) is 9.88 Å². The Morgan fingerprint density at radius 3 is 2.44 bits per heavy atom. The molecule has 0 heterocycles. The van der Waals surface area contributed by atoms with Gasteiger partial charge in [-0.15, -0.1) is 0 Å². The van der Waals surface area contributed by atoms with Crippen molar-refractivity contribution < 1.29 is 21.9 Å². The summed E-state index contributed by atoms with van der Waals surface area (Å²) in [4.78, 5) is -0.894. The van der Waals surface area contributed by atoms with Crippen molar-refractivity contribution in [2.24, 2.45) is 5.14 Å². The Kier molecular flexibility index (Phi) is 4.42. The van der Waals surface area contributed by atoms with E-state index in [9.17, 15) is 17.2 Å². The Labute approximate surface area is 104 Å². The van der Waals surface area contributed by atoms with E-state index in [1.54, 1.807) is 6.08 Å². The molecule has 2 N–H and O–H groups in total. The zero-order valence-corrected chi connectivity index (χ0v) is 10.7. The van der Waals surface area contributed by atoms with Crippen molar-refractivity contribution >= 4 is 10.0 Å². The molecule has 0 unspecified atom stereocenters. The van der Waals surface area contributed by atoms with Gasteiger partial charge in [-0.05, 0) is 32.1 Å². The van der Waals surface area contributed by atoms with Crippen LogP contribution < -0.4 is 9.88 Å². The van der Waals surface area contributed by atoms with E-state index in [-0.39, 0.29) is 12.4 Å². The number of ether oxygens (including phenoxy) is 1. The lowest BCUT2D eigenvalue weighted by Gasteiger charge is -2.08. The third-order valence-corrected chi connectivity index (χ3v) is 2.98. The lowest BCUT2D eigenvalue weighted by molar-refractivity contribution is 0.329. The van der Waals surface area contributed by atoms with E-state index in [0.29, 0.717) is 0 Å². The molecule has 1 rings (SSSR count). The molecule has 0 bridgehead atoms. The highest BCUT2D eigenvalue weighted by molar-refractivity contribution is 7.89. The van der Waals surface area contributed by atoms with Gasteiger partial charge >= 0.3 is 0 Å². The van der Waals surface area contributed by atoms with Crippen molar-refractivity contribution in [2.45, 2.75) is 18.7 Å². The fourth-order valence-corrected chi connectivity index (χ4v) is 1.74. The number of hydrogen-bond acceptors (Lipinski definition) is 3. The van der Waals surface area contributed by atoms with Gasteiger partial charge in [-0.3, -0.25) is 0 Å². The largest absolute Gasteiger partial charge is 0.486 e. The topological polar surface area (TPSA) is 69.4 Å². The number of sulfonamides is 1. The molecule has 18 heavy (non-hydrogen) atoms. The zero-order chi connectivity index (χ0) is 13.9. The van der Waals surface area contributed by atoms with E-state index in [1.165, 1.54) is 0 Å². The minimum atomic E-state index is -4.29. The summed E-state index contributed by atoms with van der Waals surface area (Å²) < 4.78 is 53.7. The minimum absolute atomic E-state index is 0.0629. The van der Waals surface area contributed by atoms with Gasteiger partial charge < -0.3 is 4.74 Å². The third kappa shape index (κ3) is 3.51. The summed E-state index contributed by atoms with van der Waals surface area (Å²) in [7, 11) is -4.29. The zero-order valence-electron chi connectivity index (χ0n) is 9.91. The van der Waals surface area contributed by atoms with Crippen molar-refractivity contribution in [2.75, 3.05) is 6.61 Å². The number of hydrogen-bond donors (Lipinski definition) is 1. The first-order valence-electron chi connectivity index (χ1n) is 5.00. The Morgan fingerprint density at radius 2 is 1.94 bits per heavy atom. The minimum Gasteiger partial charge on any atom is -0.486 e. The van der Waals surface area contributed by atoms with Crippen LogP contribution in [0.2, 0.25) is 0 Å². The van der Waals surface area contributed by atoms with Gasteiger partial charge in [0, 0.05) is 0 Å². The number of primary sulfonamides is 1. The SMILES string of the molecule is CC(C)=CCOc1ccc(S(N)(=O)=O)c(F)c1F. The number of allylic oxidation sites excluding steroid dienone is 1. The predicted octanol–water partition coefficient (Wildman–Crippen LogP) is 1.96. The molecule has 0 spiro atoms. The van der Waals surface area contributed by atoms with E-state index in [0.717, 1.165) is 17.7 Å². The molecule has 7 heteroatoms. The molecule has 0 aliphatic heterocycles. The van der Waals surface area contributed by atoms with Gasteiger partial charge in [0.15, 0.2) is 11.6 Å². The third-order valence-electron chi connectivity index (χ3n) is 2.05. The normalized spacial score (nSPS) is 11.2. The van der Waals surface area contributed by atoms with Gasteiger partial charge in [-0.25, -0.2) is 17.9 Å². The first kappa shape index (κ1) is 14.6. The van der Waals surface area contributed by atoms with Gasteiger partial charge in [-0.2, -0.15) is 4.39 Å². The summed E-state index contributed by atoms with van der Waals surface area (Å²) in [5.74, 6) is -3.27. The molecule has 0 atom stereocenters. The summed E-state index contributed by atoms with van der Waals surface area (Å²) in [6.45, 7) is 3.71. The van der Waals surface area contributed by atoms with Crippen LogP contribution in [-0.4, -0.2) is 15.0 Å². The van der Waals surface area contributed by atoms with Crippen molar-refractivity contribution in [3.8, 4) is 5.75 Å². The summed E-state index contributed by atoms with van der Waals surface area (Å²) >= 11 is 0.